The van der Waals surface area contributed by atoms with E-state index in [1.54, 1.807) is 6.20 Å². The standard InChI is InChI=1S/C18H14N2O/c21-18(14-6-7-16-13(11-14)8-10-19-16)15-5-1-3-12-4-2-9-20-17(12)15/h1-7,9,11,19H,8,10H2. The van der Waals surface area contributed by atoms with Crippen LogP contribution in [0.25, 0.3) is 10.9 Å². The predicted octanol–water partition coefficient (Wildman–Crippen LogP) is 3.43. The first-order chi connectivity index (χ1) is 10.3. The lowest BCUT2D eigenvalue weighted by Crippen LogP contribution is -2.03. The van der Waals surface area contributed by atoms with E-state index in [4.69, 9.17) is 0 Å². The predicted molar refractivity (Wildman–Crippen MR) is 83.8 cm³/mol. The fourth-order valence-electron chi connectivity index (χ4n) is 2.89. The molecular weight excluding hydrogens is 260 g/mol. The Morgan fingerprint density at radius 1 is 1.10 bits per heavy atom. The van der Waals surface area contributed by atoms with Gasteiger partial charge in [-0.2, -0.15) is 0 Å². The van der Waals surface area contributed by atoms with Gasteiger partial charge in [0.05, 0.1) is 5.52 Å². The number of anilines is 1. The molecule has 4 rings (SSSR count). The number of pyridine rings is 1. The van der Waals surface area contributed by atoms with Crippen LogP contribution in [0.15, 0.2) is 54.7 Å². The zero-order valence-electron chi connectivity index (χ0n) is 11.5. The number of carbonyl (C=O) groups excluding carboxylic acids is 1. The van der Waals surface area contributed by atoms with E-state index in [1.807, 2.05) is 48.5 Å². The molecule has 0 fully saturated rings. The van der Waals surface area contributed by atoms with Crippen molar-refractivity contribution in [2.75, 3.05) is 11.9 Å². The Bertz CT molecular complexity index is 849. The number of carbonyl (C=O) groups is 1. The first-order valence-electron chi connectivity index (χ1n) is 7.08. The third kappa shape index (κ3) is 1.98. The van der Waals surface area contributed by atoms with Gasteiger partial charge in [-0.3, -0.25) is 9.78 Å². The van der Waals surface area contributed by atoms with Crippen LogP contribution in [0.1, 0.15) is 21.5 Å². The van der Waals surface area contributed by atoms with Crippen molar-refractivity contribution in [3.8, 4) is 0 Å². The van der Waals surface area contributed by atoms with Crippen LogP contribution in [0.4, 0.5) is 5.69 Å². The average Bonchev–Trinajstić information content (AvgIpc) is 3.01. The molecule has 1 aromatic heterocycles. The van der Waals surface area contributed by atoms with Gasteiger partial charge in [0.2, 0.25) is 0 Å². The molecule has 102 valence electrons. The minimum Gasteiger partial charge on any atom is -0.384 e. The van der Waals surface area contributed by atoms with Gasteiger partial charge in [0.15, 0.2) is 5.78 Å². The van der Waals surface area contributed by atoms with Gasteiger partial charge in [-0.15, -0.1) is 0 Å². The molecule has 0 spiro atoms. The molecule has 0 saturated heterocycles. The summed E-state index contributed by atoms with van der Waals surface area (Å²) in [5.74, 6) is 0.0361. The highest BCUT2D eigenvalue weighted by molar-refractivity contribution is 6.15. The summed E-state index contributed by atoms with van der Waals surface area (Å²) < 4.78 is 0. The second-order valence-electron chi connectivity index (χ2n) is 5.26. The Labute approximate surface area is 122 Å². The van der Waals surface area contributed by atoms with Crippen molar-refractivity contribution in [3.63, 3.8) is 0 Å². The molecule has 0 amide bonds. The zero-order valence-corrected chi connectivity index (χ0v) is 11.5. The minimum atomic E-state index is 0.0361. The van der Waals surface area contributed by atoms with Crippen molar-refractivity contribution in [1.82, 2.24) is 4.98 Å². The van der Waals surface area contributed by atoms with Crippen molar-refractivity contribution in [3.05, 3.63) is 71.4 Å². The third-order valence-corrected chi connectivity index (χ3v) is 3.95. The summed E-state index contributed by atoms with van der Waals surface area (Å²) >= 11 is 0. The lowest BCUT2D eigenvalue weighted by atomic mass is 9.98. The Morgan fingerprint density at radius 2 is 2.00 bits per heavy atom. The maximum absolute atomic E-state index is 12.8. The molecule has 3 heteroatoms. The molecule has 1 aliphatic heterocycles. The molecule has 0 radical (unpaired) electrons. The lowest BCUT2D eigenvalue weighted by Gasteiger charge is -2.07. The Hall–Kier alpha value is -2.68. The van der Waals surface area contributed by atoms with Gasteiger partial charge in [0, 0.05) is 34.9 Å². The van der Waals surface area contributed by atoms with Crippen molar-refractivity contribution in [2.24, 2.45) is 0 Å². The fourth-order valence-corrected chi connectivity index (χ4v) is 2.89. The highest BCUT2D eigenvalue weighted by Crippen LogP contribution is 2.25. The Kier molecular flexibility index (Phi) is 2.71. The van der Waals surface area contributed by atoms with Crippen LogP contribution in [0.2, 0.25) is 0 Å². The van der Waals surface area contributed by atoms with Crippen molar-refractivity contribution >= 4 is 22.4 Å². The van der Waals surface area contributed by atoms with Crippen LogP contribution >= 0.6 is 0 Å². The largest absolute Gasteiger partial charge is 0.384 e. The molecule has 0 saturated carbocycles. The van der Waals surface area contributed by atoms with Crippen LogP contribution < -0.4 is 5.32 Å². The number of nitrogens with one attached hydrogen (secondary N) is 1. The van der Waals surface area contributed by atoms with Crippen LogP contribution in [0.3, 0.4) is 0 Å². The topological polar surface area (TPSA) is 42.0 Å². The summed E-state index contributed by atoms with van der Waals surface area (Å²) in [6.45, 7) is 0.947. The van der Waals surface area contributed by atoms with Crippen molar-refractivity contribution in [1.29, 1.82) is 0 Å². The van der Waals surface area contributed by atoms with Gasteiger partial charge < -0.3 is 5.32 Å². The molecule has 0 atom stereocenters. The molecule has 3 nitrogen and oxygen atoms in total. The van der Waals surface area contributed by atoms with E-state index in [2.05, 4.69) is 10.3 Å². The van der Waals surface area contributed by atoms with E-state index in [0.717, 1.165) is 35.1 Å². The van der Waals surface area contributed by atoms with Gasteiger partial charge in [0.1, 0.15) is 0 Å². The number of aromatic nitrogens is 1. The molecule has 2 heterocycles. The first-order valence-corrected chi connectivity index (χ1v) is 7.08. The maximum Gasteiger partial charge on any atom is 0.195 e. The second-order valence-corrected chi connectivity index (χ2v) is 5.26. The van der Waals surface area contributed by atoms with E-state index in [0.29, 0.717) is 5.56 Å². The average molecular weight is 274 g/mol. The fraction of sp³-hybridized carbons (Fsp3) is 0.111. The second kappa shape index (κ2) is 4.70. The van der Waals surface area contributed by atoms with Gasteiger partial charge in [-0.1, -0.05) is 18.2 Å². The van der Waals surface area contributed by atoms with E-state index >= 15 is 0 Å². The summed E-state index contributed by atoms with van der Waals surface area (Å²) in [5.41, 5.74) is 4.52. The molecule has 2 aromatic carbocycles. The molecule has 1 N–H and O–H groups in total. The number of benzene rings is 2. The number of hydrogen-bond donors (Lipinski definition) is 1. The third-order valence-electron chi connectivity index (χ3n) is 3.95. The number of para-hydroxylation sites is 1. The summed E-state index contributed by atoms with van der Waals surface area (Å²) in [7, 11) is 0. The highest BCUT2D eigenvalue weighted by Gasteiger charge is 2.16. The zero-order chi connectivity index (χ0) is 14.2. The maximum atomic E-state index is 12.8. The van der Waals surface area contributed by atoms with E-state index < -0.39 is 0 Å². The van der Waals surface area contributed by atoms with Gasteiger partial charge in [-0.25, -0.2) is 0 Å². The number of hydrogen-bond acceptors (Lipinski definition) is 3. The SMILES string of the molecule is O=C(c1ccc2c(c1)CCN2)c1cccc2cccnc12. The number of ketones is 1. The summed E-state index contributed by atoms with van der Waals surface area (Å²) in [4.78, 5) is 17.2. The summed E-state index contributed by atoms with van der Waals surface area (Å²) in [5, 5.41) is 4.30. The molecule has 0 aliphatic carbocycles. The van der Waals surface area contributed by atoms with Gasteiger partial charge in [0.25, 0.3) is 0 Å². The van der Waals surface area contributed by atoms with Crippen LogP contribution in [0.5, 0.6) is 0 Å². The van der Waals surface area contributed by atoms with Gasteiger partial charge in [-0.05, 0) is 42.3 Å². The van der Waals surface area contributed by atoms with Crippen molar-refractivity contribution < 1.29 is 4.79 Å². The van der Waals surface area contributed by atoms with Crippen molar-refractivity contribution in [2.45, 2.75) is 6.42 Å². The normalized spacial score (nSPS) is 13.0. The van der Waals surface area contributed by atoms with Crippen LogP contribution in [-0.4, -0.2) is 17.3 Å². The van der Waals surface area contributed by atoms with Crippen LogP contribution in [-0.2, 0) is 6.42 Å². The number of nitrogens with zero attached hydrogens (tertiary/aromatic N) is 1. The summed E-state index contributed by atoms with van der Waals surface area (Å²) in [6, 6.07) is 15.5. The molecule has 0 unspecified atom stereocenters. The van der Waals surface area contributed by atoms with Crippen LogP contribution in [0, 0.1) is 0 Å². The van der Waals surface area contributed by atoms with E-state index in [-0.39, 0.29) is 5.78 Å². The summed E-state index contributed by atoms with van der Waals surface area (Å²) in [6.07, 6.45) is 2.70. The van der Waals surface area contributed by atoms with Gasteiger partial charge >= 0.3 is 0 Å². The molecule has 21 heavy (non-hydrogen) atoms. The van der Waals surface area contributed by atoms with E-state index in [9.17, 15) is 4.79 Å². The van der Waals surface area contributed by atoms with E-state index in [1.165, 1.54) is 5.56 Å². The number of fused-ring (bicyclic) bond motifs is 2. The molecule has 3 aromatic rings. The lowest BCUT2D eigenvalue weighted by molar-refractivity contribution is 0.104. The number of rotatable bonds is 2. The monoisotopic (exact) mass is 274 g/mol. The quantitative estimate of drug-likeness (QED) is 0.728. The Morgan fingerprint density at radius 3 is 2.95 bits per heavy atom. The smallest absolute Gasteiger partial charge is 0.195 e. The Balaban J connectivity index is 1.83. The molecular formula is C18H14N2O. The highest BCUT2D eigenvalue weighted by atomic mass is 16.1. The molecule has 1 aliphatic rings. The minimum absolute atomic E-state index is 0.0361. The molecule has 0 bridgehead atoms. The first kappa shape index (κ1) is 12.1.